The fourth-order valence-electron chi connectivity index (χ4n) is 1.60. The quantitative estimate of drug-likeness (QED) is 0.692. The van der Waals surface area contributed by atoms with Crippen LogP contribution in [0.4, 0.5) is 5.82 Å². The summed E-state index contributed by atoms with van der Waals surface area (Å²) in [7, 11) is 1.87. The maximum Gasteiger partial charge on any atom is 0.193 e. The highest BCUT2D eigenvalue weighted by atomic mass is 32.2. The normalized spacial score (nSPS) is 11.4. The predicted molar refractivity (Wildman–Crippen MR) is 81.2 cm³/mol. The summed E-state index contributed by atoms with van der Waals surface area (Å²) in [5.74, 6) is 1.66. The number of anilines is 1. The molecule has 0 aromatic carbocycles. The SMILES string of the molecule is CNc1nc(C(C)(C)C)nc(Sc2ncccn2)c1C. The Labute approximate surface area is 123 Å². The van der Waals surface area contributed by atoms with Gasteiger partial charge in [0, 0.05) is 30.4 Å². The molecule has 2 rings (SSSR count). The van der Waals surface area contributed by atoms with Crippen molar-refractivity contribution in [2.45, 2.75) is 43.3 Å². The second-order valence-corrected chi connectivity index (χ2v) is 6.42. The van der Waals surface area contributed by atoms with Gasteiger partial charge in [-0.2, -0.15) is 0 Å². The Morgan fingerprint density at radius 1 is 1.10 bits per heavy atom. The lowest BCUT2D eigenvalue weighted by molar-refractivity contribution is 0.538. The van der Waals surface area contributed by atoms with Gasteiger partial charge in [0.1, 0.15) is 16.7 Å². The lowest BCUT2D eigenvalue weighted by atomic mass is 9.95. The topological polar surface area (TPSA) is 63.6 Å². The second-order valence-electron chi connectivity index (χ2n) is 5.46. The lowest BCUT2D eigenvalue weighted by Crippen LogP contribution is -2.18. The van der Waals surface area contributed by atoms with Gasteiger partial charge >= 0.3 is 0 Å². The molecule has 0 radical (unpaired) electrons. The van der Waals surface area contributed by atoms with E-state index in [0.29, 0.717) is 5.16 Å². The van der Waals surface area contributed by atoms with Gasteiger partial charge in [-0.1, -0.05) is 20.8 Å². The van der Waals surface area contributed by atoms with Crippen molar-refractivity contribution in [2.24, 2.45) is 0 Å². The van der Waals surface area contributed by atoms with Crippen LogP contribution in [0, 0.1) is 6.92 Å². The average molecular weight is 289 g/mol. The minimum atomic E-state index is -0.105. The van der Waals surface area contributed by atoms with E-state index in [1.807, 2.05) is 14.0 Å². The molecule has 0 spiro atoms. The van der Waals surface area contributed by atoms with Crippen molar-refractivity contribution in [1.29, 1.82) is 0 Å². The Morgan fingerprint density at radius 3 is 2.30 bits per heavy atom. The second kappa shape index (κ2) is 5.75. The molecule has 0 saturated carbocycles. The van der Waals surface area contributed by atoms with Crippen LogP contribution >= 0.6 is 11.8 Å². The highest BCUT2D eigenvalue weighted by molar-refractivity contribution is 7.99. The first kappa shape index (κ1) is 14.7. The van der Waals surface area contributed by atoms with Crippen molar-refractivity contribution in [3.05, 3.63) is 29.8 Å². The summed E-state index contributed by atoms with van der Waals surface area (Å²) in [4.78, 5) is 17.7. The highest BCUT2D eigenvalue weighted by Crippen LogP contribution is 2.31. The van der Waals surface area contributed by atoms with Gasteiger partial charge in [-0.05, 0) is 24.8 Å². The van der Waals surface area contributed by atoms with Crippen molar-refractivity contribution in [3.63, 3.8) is 0 Å². The molecule has 0 atom stereocenters. The van der Waals surface area contributed by atoms with Gasteiger partial charge in [0.2, 0.25) is 0 Å². The van der Waals surface area contributed by atoms with Crippen LogP contribution in [0.3, 0.4) is 0 Å². The molecule has 2 heterocycles. The summed E-state index contributed by atoms with van der Waals surface area (Å²) in [5, 5.41) is 4.71. The molecule has 2 aromatic heterocycles. The predicted octanol–water partition coefficient (Wildman–Crippen LogP) is 3.07. The standard InChI is InChI=1S/C14H19N5S/c1-9-10(15-5)18-12(14(2,3)4)19-11(9)20-13-16-7-6-8-17-13/h6-8H,1-5H3,(H,15,18,19). The number of nitrogens with zero attached hydrogens (tertiary/aromatic N) is 4. The van der Waals surface area contributed by atoms with E-state index in [-0.39, 0.29) is 5.41 Å². The van der Waals surface area contributed by atoms with Gasteiger partial charge < -0.3 is 5.32 Å². The molecule has 1 N–H and O–H groups in total. The molecular weight excluding hydrogens is 270 g/mol. The Hall–Kier alpha value is -1.69. The summed E-state index contributed by atoms with van der Waals surface area (Å²) < 4.78 is 0. The van der Waals surface area contributed by atoms with Crippen LogP contribution in [0.2, 0.25) is 0 Å². The van der Waals surface area contributed by atoms with Gasteiger partial charge in [0.25, 0.3) is 0 Å². The third-order valence-electron chi connectivity index (χ3n) is 2.74. The molecular formula is C14H19N5S. The van der Waals surface area contributed by atoms with Crippen LogP contribution in [-0.4, -0.2) is 27.0 Å². The zero-order valence-electron chi connectivity index (χ0n) is 12.4. The molecule has 0 unspecified atom stereocenters. The van der Waals surface area contributed by atoms with Crippen molar-refractivity contribution in [2.75, 3.05) is 12.4 Å². The monoisotopic (exact) mass is 289 g/mol. The van der Waals surface area contributed by atoms with E-state index in [1.54, 1.807) is 18.5 Å². The van der Waals surface area contributed by atoms with E-state index in [4.69, 9.17) is 0 Å². The molecule has 0 amide bonds. The van der Waals surface area contributed by atoms with E-state index in [0.717, 1.165) is 22.2 Å². The molecule has 0 fully saturated rings. The first-order valence-corrected chi connectivity index (χ1v) is 7.25. The first-order valence-electron chi connectivity index (χ1n) is 6.43. The molecule has 5 nitrogen and oxygen atoms in total. The molecule has 0 saturated heterocycles. The maximum atomic E-state index is 4.68. The zero-order chi connectivity index (χ0) is 14.8. The summed E-state index contributed by atoms with van der Waals surface area (Å²) in [5.41, 5.74) is 0.907. The minimum Gasteiger partial charge on any atom is -0.373 e. The van der Waals surface area contributed by atoms with Gasteiger partial charge in [-0.15, -0.1) is 0 Å². The maximum absolute atomic E-state index is 4.68. The van der Waals surface area contributed by atoms with Crippen LogP contribution in [-0.2, 0) is 5.41 Å². The van der Waals surface area contributed by atoms with Crippen LogP contribution < -0.4 is 5.32 Å². The minimum absolute atomic E-state index is 0.105. The first-order chi connectivity index (χ1) is 9.41. The zero-order valence-corrected chi connectivity index (χ0v) is 13.2. The third kappa shape index (κ3) is 3.25. The van der Waals surface area contributed by atoms with Crippen molar-refractivity contribution in [1.82, 2.24) is 19.9 Å². The van der Waals surface area contributed by atoms with Crippen LogP contribution in [0.25, 0.3) is 0 Å². The van der Waals surface area contributed by atoms with Crippen LogP contribution in [0.15, 0.2) is 28.6 Å². The molecule has 0 aliphatic rings. The Morgan fingerprint density at radius 2 is 1.75 bits per heavy atom. The fraction of sp³-hybridized carbons (Fsp3) is 0.429. The van der Waals surface area contributed by atoms with E-state index in [2.05, 4.69) is 46.0 Å². The van der Waals surface area contributed by atoms with Gasteiger partial charge in [0.15, 0.2) is 5.16 Å². The molecule has 20 heavy (non-hydrogen) atoms. The summed E-state index contributed by atoms with van der Waals surface area (Å²) >= 11 is 1.46. The van der Waals surface area contributed by atoms with E-state index < -0.39 is 0 Å². The molecule has 0 bridgehead atoms. The van der Waals surface area contributed by atoms with Crippen molar-refractivity contribution in [3.8, 4) is 0 Å². The molecule has 106 valence electrons. The van der Waals surface area contributed by atoms with Crippen LogP contribution in [0.1, 0.15) is 32.2 Å². The Bertz CT molecular complexity index is 593. The number of hydrogen-bond donors (Lipinski definition) is 1. The number of nitrogens with one attached hydrogen (secondary N) is 1. The molecule has 6 heteroatoms. The number of rotatable bonds is 3. The largest absolute Gasteiger partial charge is 0.373 e. The molecule has 0 aliphatic heterocycles. The Kier molecular flexibility index (Phi) is 4.23. The number of aromatic nitrogens is 4. The van der Waals surface area contributed by atoms with Gasteiger partial charge in [-0.25, -0.2) is 19.9 Å². The van der Waals surface area contributed by atoms with Crippen LogP contribution in [0.5, 0.6) is 0 Å². The molecule has 2 aromatic rings. The lowest BCUT2D eigenvalue weighted by Gasteiger charge is -2.19. The summed E-state index contributed by atoms with van der Waals surface area (Å²) in [6.07, 6.45) is 3.46. The van der Waals surface area contributed by atoms with Crippen molar-refractivity contribution >= 4 is 17.6 Å². The van der Waals surface area contributed by atoms with E-state index >= 15 is 0 Å². The van der Waals surface area contributed by atoms with Crippen molar-refractivity contribution < 1.29 is 0 Å². The summed E-state index contributed by atoms with van der Waals surface area (Å²) in [6.45, 7) is 8.31. The fourth-order valence-corrected chi connectivity index (χ4v) is 2.38. The smallest absolute Gasteiger partial charge is 0.193 e. The van der Waals surface area contributed by atoms with Gasteiger partial charge in [-0.3, -0.25) is 0 Å². The Balaban J connectivity index is 2.46. The highest BCUT2D eigenvalue weighted by Gasteiger charge is 2.21. The third-order valence-corrected chi connectivity index (χ3v) is 3.72. The van der Waals surface area contributed by atoms with Gasteiger partial charge in [0.05, 0.1) is 0 Å². The van der Waals surface area contributed by atoms with E-state index in [1.165, 1.54) is 11.8 Å². The molecule has 0 aliphatic carbocycles. The number of hydrogen-bond acceptors (Lipinski definition) is 6. The average Bonchev–Trinajstić information content (AvgIpc) is 2.41. The summed E-state index contributed by atoms with van der Waals surface area (Å²) in [6, 6.07) is 1.80. The van der Waals surface area contributed by atoms with E-state index in [9.17, 15) is 0 Å².